The molecule has 0 saturated heterocycles. The number of aliphatic hydroxyl groups excluding tert-OH is 2. The minimum Gasteiger partial charge on any atom is -0.478 e. The Balaban J connectivity index is 0.00000168. The van der Waals surface area contributed by atoms with Crippen LogP contribution in [0, 0.1) is 23.7 Å². The molecule has 4 rings (SSSR count). The van der Waals surface area contributed by atoms with E-state index in [1.807, 2.05) is 0 Å². The van der Waals surface area contributed by atoms with Crippen molar-refractivity contribution >= 4 is 29.9 Å². The fourth-order valence-corrected chi connectivity index (χ4v) is 18.8. The van der Waals surface area contributed by atoms with Gasteiger partial charge in [-0.1, -0.05) is 484 Å². The van der Waals surface area contributed by atoms with Crippen LogP contribution in [-0.2, 0) is 23.9 Å². The van der Waals surface area contributed by atoms with Crippen molar-refractivity contribution in [2.75, 3.05) is 26.4 Å². The number of aliphatic imine (C=N–C) groups is 2. The minimum absolute atomic E-state index is 0.0683. The maximum absolute atomic E-state index is 11.8. The molecule has 4 unspecified atom stereocenters. The summed E-state index contributed by atoms with van der Waals surface area (Å²) in [6.45, 7) is 21.0. The average Bonchev–Trinajstić information content (AvgIpc) is 0.926. The first kappa shape index (κ1) is 116. The highest BCUT2D eigenvalue weighted by molar-refractivity contribution is 5.81. The number of nitrogens with one attached hydrogen (secondary N) is 2. The van der Waals surface area contributed by atoms with Crippen molar-refractivity contribution in [3.8, 4) is 0 Å². The molecular weight excluding hydrogens is 1490 g/mol. The molecule has 120 heavy (non-hydrogen) atoms. The molecule has 4 atom stereocenters. The van der Waals surface area contributed by atoms with Crippen molar-refractivity contribution < 1.29 is 44.0 Å². The van der Waals surface area contributed by atoms with Gasteiger partial charge in [0.15, 0.2) is 0 Å². The quantitative estimate of drug-likeness (QED) is 0.0170. The first-order valence-electron chi connectivity index (χ1n) is 52.8. The van der Waals surface area contributed by atoms with Gasteiger partial charge in [0.25, 0.3) is 0 Å². The Labute approximate surface area is 744 Å². The molecule has 0 aromatic rings. The maximum Gasteiger partial charge on any atom is 0.330 e. The van der Waals surface area contributed by atoms with Crippen LogP contribution in [0.5, 0.6) is 0 Å². The summed E-state index contributed by atoms with van der Waals surface area (Å²) >= 11 is 0. The van der Waals surface area contributed by atoms with Gasteiger partial charge in [0.05, 0.1) is 31.3 Å². The summed E-state index contributed by atoms with van der Waals surface area (Å²) in [5.74, 6) is 2.27. The molecule has 4 saturated carbocycles. The van der Waals surface area contributed by atoms with Crippen molar-refractivity contribution in [3.05, 3.63) is 38.0 Å². The third-order valence-electron chi connectivity index (χ3n) is 26.5. The molecule has 4 aliphatic rings. The largest absolute Gasteiger partial charge is 0.478 e. The standard InChI is InChI=1S/C42H78O4.C36H74O2.C13H24N2O.C13H22N2.C3H4O2/c1-5-9-11-27-33-39(35-29-23-19-15-13-17-21-25-31-37-45-41(43)7-3)40(34-28-12-10-6-2)36-30-24-20-16-14-18-22-26-32-38-46-42(44)8-4;1-3-5-7-23-29-35(31-25-19-15-11-9-13-17-21-27-33-37)36(30-24-8-6-4-2)32-26-20-16-12-10-14-18-22-28-34-38;16-13(14-11-7-3-1-4-8-11)15-12-9-5-2-6-10-12;1-3-7-12(8-4-1)14-11-15-13-9-5-2-6-10-13;1-2-3(4)5/h7-8,39-40H,3-6,9-38H2,1-2H3;35-38H,3-34H2,1-2H3;11-12H,1-10H2,(H2,14,15,16);12-13H,1-10H2;2H,1H2,(H,4,5). The van der Waals surface area contributed by atoms with E-state index in [2.05, 4.69) is 74.1 Å². The lowest BCUT2D eigenvalue weighted by atomic mass is 9.78. The predicted molar refractivity (Wildman–Crippen MR) is 517 cm³/mol. The number of urea groups is 1. The summed E-state index contributed by atoms with van der Waals surface area (Å²) in [5.41, 5.74) is 0. The fourth-order valence-electron chi connectivity index (χ4n) is 18.8. The van der Waals surface area contributed by atoms with Gasteiger partial charge >= 0.3 is 23.9 Å². The van der Waals surface area contributed by atoms with E-state index in [1.165, 1.54) is 462 Å². The zero-order valence-electron chi connectivity index (χ0n) is 80.1. The van der Waals surface area contributed by atoms with Crippen LogP contribution in [-0.4, -0.2) is 95.9 Å². The molecule has 5 N–H and O–H groups in total. The molecule has 2 amide bonds. The molecule has 0 aromatic heterocycles. The van der Waals surface area contributed by atoms with Crippen molar-refractivity contribution in [1.82, 2.24) is 10.6 Å². The molecular formula is C107H202N4O9. The van der Waals surface area contributed by atoms with Gasteiger partial charge in [-0.2, -0.15) is 0 Å². The first-order valence-corrected chi connectivity index (χ1v) is 52.8. The normalized spacial score (nSPS) is 15.5. The van der Waals surface area contributed by atoms with Gasteiger partial charge in [-0.25, -0.2) is 29.2 Å². The summed E-state index contributed by atoms with van der Waals surface area (Å²) in [6.07, 6.45) is 111. The highest BCUT2D eigenvalue weighted by Crippen LogP contribution is 2.36. The molecule has 0 bridgehead atoms. The zero-order valence-corrected chi connectivity index (χ0v) is 80.1. The molecule has 4 aliphatic carbocycles. The van der Waals surface area contributed by atoms with Crippen LogP contribution >= 0.6 is 0 Å². The van der Waals surface area contributed by atoms with Gasteiger partial charge in [0, 0.05) is 43.5 Å². The number of aliphatic hydroxyl groups is 2. The summed E-state index contributed by atoms with van der Waals surface area (Å²) in [4.78, 5) is 52.1. The number of esters is 2. The van der Waals surface area contributed by atoms with E-state index in [1.54, 1.807) is 0 Å². The maximum atomic E-state index is 11.8. The van der Waals surface area contributed by atoms with Crippen molar-refractivity contribution in [2.24, 2.45) is 33.7 Å². The van der Waals surface area contributed by atoms with Gasteiger partial charge in [0.1, 0.15) is 0 Å². The van der Waals surface area contributed by atoms with E-state index in [0.29, 0.717) is 50.6 Å². The van der Waals surface area contributed by atoms with E-state index < -0.39 is 5.97 Å². The summed E-state index contributed by atoms with van der Waals surface area (Å²) in [5, 5.41) is 31.7. The third-order valence-corrected chi connectivity index (χ3v) is 26.5. The number of nitrogens with zero attached hydrogens (tertiary/aromatic N) is 2. The Bertz CT molecular complexity index is 2130. The molecule has 0 spiro atoms. The number of amides is 2. The van der Waals surface area contributed by atoms with Crippen molar-refractivity contribution in [3.63, 3.8) is 0 Å². The number of carboxylic acids is 1. The molecule has 704 valence electrons. The van der Waals surface area contributed by atoms with Crippen molar-refractivity contribution in [2.45, 2.75) is 566 Å². The second kappa shape index (κ2) is 94.3. The van der Waals surface area contributed by atoms with E-state index in [9.17, 15) is 19.2 Å². The molecule has 13 heteroatoms. The van der Waals surface area contributed by atoms with Gasteiger partial charge in [0.2, 0.25) is 0 Å². The molecule has 13 nitrogen and oxygen atoms in total. The van der Waals surface area contributed by atoms with E-state index >= 15 is 0 Å². The Morgan fingerprint density at radius 3 is 0.717 bits per heavy atom. The molecule has 0 heterocycles. The second-order valence-corrected chi connectivity index (χ2v) is 37.3. The number of rotatable bonds is 75. The first-order chi connectivity index (χ1) is 58.9. The number of hydrogen-bond acceptors (Lipinski definition) is 10. The lowest BCUT2D eigenvalue weighted by molar-refractivity contribution is -0.138. The Morgan fingerprint density at radius 2 is 0.508 bits per heavy atom. The van der Waals surface area contributed by atoms with Gasteiger partial charge < -0.3 is 35.4 Å². The SMILES string of the molecule is C(=NC1CCCCC1)=NC1CCCCC1.C=CC(=O)O.C=CC(=O)OCCCCCCCCCCCC(CCCCCC)C(CCCCCC)CCCCCCCCCCCOC(=O)C=C.CCCCCCC(CCCCCCCCCCCO)C(CCCCCC)CCCCCCCCCCCO.O=C(NC1CCCCC1)NC1CCCCC1. The Hall–Kier alpha value is -3.80. The number of unbranched alkanes of at least 4 members (excludes halogenated alkanes) is 44. The van der Waals surface area contributed by atoms with Gasteiger partial charge in [-0.15, -0.1) is 0 Å². The van der Waals surface area contributed by atoms with E-state index in [-0.39, 0.29) is 18.0 Å². The fraction of sp³-hybridized carbons (Fsp3) is 0.897. The number of aliphatic carboxylic acids is 1. The second-order valence-electron chi connectivity index (χ2n) is 37.3. The molecule has 0 aromatic carbocycles. The Morgan fingerprint density at radius 1 is 0.308 bits per heavy atom. The number of carboxylic acid groups (broad SMARTS) is 1. The Kier molecular flexibility index (Phi) is 91.3. The van der Waals surface area contributed by atoms with Gasteiger partial charge in [-0.3, -0.25) is 0 Å². The highest BCUT2D eigenvalue weighted by atomic mass is 16.5. The monoisotopic (exact) mass is 1690 g/mol. The number of ether oxygens (including phenoxy) is 2. The lowest BCUT2D eigenvalue weighted by Gasteiger charge is -2.28. The minimum atomic E-state index is -0.981. The number of carbonyl (C=O) groups excluding carboxylic acids is 3. The lowest BCUT2D eigenvalue weighted by Crippen LogP contribution is -2.47. The van der Waals surface area contributed by atoms with Crippen LogP contribution in [0.3, 0.4) is 0 Å². The summed E-state index contributed by atoms with van der Waals surface area (Å²) < 4.78 is 10.1. The van der Waals surface area contributed by atoms with E-state index in [4.69, 9.17) is 24.8 Å². The van der Waals surface area contributed by atoms with Crippen LogP contribution in [0.4, 0.5) is 4.79 Å². The topological polar surface area (TPSA) is 196 Å². The van der Waals surface area contributed by atoms with Crippen molar-refractivity contribution in [1.29, 1.82) is 0 Å². The van der Waals surface area contributed by atoms with E-state index in [0.717, 1.165) is 94.0 Å². The van der Waals surface area contributed by atoms with Crippen LogP contribution < -0.4 is 10.6 Å². The summed E-state index contributed by atoms with van der Waals surface area (Å²) in [7, 11) is 0. The average molecular weight is 1690 g/mol. The smallest absolute Gasteiger partial charge is 0.330 e. The molecule has 0 radical (unpaired) electrons. The van der Waals surface area contributed by atoms with Crippen LogP contribution in [0.2, 0.25) is 0 Å². The third kappa shape index (κ3) is 81.3. The molecule has 4 fully saturated rings. The van der Waals surface area contributed by atoms with Gasteiger partial charge in [-0.05, 0) is 101 Å². The molecule has 0 aliphatic heterocycles. The number of hydrogen-bond donors (Lipinski definition) is 5. The van der Waals surface area contributed by atoms with Crippen LogP contribution in [0.1, 0.15) is 541 Å². The highest BCUT2D eigenvalue weighted by Gasteiger charge is 2.24. The van der Waals surface area contributed by atoms with Crippen LogP contribution in [0.25, 0.3) is 0 Å². The van der Waals surface area contributed by atoms with Crippen LogP contribution in [0.15, 0.2) is 47.9 Å². The number of carbonyl (C=O) groups is 4. The predicted octanol–water partition coefficient (Wildman–Crippen LogP) is 32.4. The zero-order chi connectivity index (χ0) is 87.4. The summed E-state index contributed by atoms with van der Waals surface area (Å²) in [6, 6.07) is 4.97.